The van der Waals surface area contributed by atoms with E-state index in [2.05, 4.69) is 21.8 Å². The van der Waals surface area contributed by atoms with Gasteiger partial charge in [-0.2, -0.15) is 13.2 Å². The molecule has 1 N–H and O–H groups in total. The number of carbonyl (C=O) groups excluding carboxylic acids is 2. The zero-order chi connectivity index (χ0) is 23.6. The second-order valence-electron chi connectivity index (χ2n) is 8.07. The predicted molar refractivity (Wildman–Crippen MR) is 104 cm³/mol. The van der Waals surface area contributed by atoms with Crippen LogP contribution in [0.1, 0.15) is 18.9 Å². The lowest BCUT2D eigenvalue weighted by atomic mass is 9.78. The van der Waals surface area contributed by atoms with Gasteiger partial charge < -0.3 is 19.8 Å². The molecule has 3 rings (SSSR count). The van der Waals surface area contributed by atoms with Gasteiger partial charge in [0.1, 0.15) is 0 Å². The molecule has 9 nitrogen and oxygen atoms in total. The van der Waals surface area contributed by atoms with E-state index in [1.54, 1.807) is 31.4 Å². The lowest BCUT2D eigenvalue weighted by Crippen LogP contribution is -2.43. The van der Waals surface area contributed by atoms with Gasteiger partial charge in [0.15, 0.2) is 0 Å². The maximum atomic E-state index is 13.0. The van der Waals surface area contributed by atoms with E-state index in [1.807, 2.05) is 6.92 Å². The molecule has 12 heteroatoms. The van der Waals surface area contributed by atoms with Gasteiger partial charge in [-0.15, -0.1) is 0 Å². The molecule has 2 fully saturated rings. The van der Waals surface area contributed by atoms with Gasteiger partial charge in [0.2, 0.25) is 17.8 Å². The minimum Gasteiger partial charge on any atom is -0.475 e. The number of rotatable bonds is 3. The first-order chi connectivity index (χ1) is 14.3. The SMILES string of the molecule is Cc1cnc(N2C[C@H](C)[C@]3(CCN(CC(=O)N(C)C)C3=O)C2)nc1.O=C(O)C(F)(F)F. The summed E-state index contributed by atoms with van der Waals surface area (Å²) in [6.07, 6.45) is -0.691. The van der Waals surface area contributed by atoms with Gasteiger partial charge in [0, 0.05) is 46.1 Å². The Bertz CT molecular complexity index is 831. The fraction of sp³-hybridized carbons (Fsp3) is 0.632. The average molecular weight is 445 g/mol. The van der Waals surface area contributed by atoms with Crippen LogP contribution in [0.25, 0.3) is 0 Å². The van der Waals surface area contributed by atoms with Crippen molar-refractivity contribution in [3.63, 3.8) is 0 Å². The number of nitrogens with zero attached hydrogens (tertiary/aromatic N) is 5. The van der Waals surface area contributed by atoms with Crippen molar-refractivity contribution in [2.45, 2.75) is 26.4 Å². The number of hydrogen-bond acceptors (Lipinski definition) is 6. The molecule has 0 radical (unpaired) electrons. The number of likely N-dealkylation sites (N-methyl/N-ethyl adjacent to an activating group) is 1. The average Bonchev–Trinajstić information content (AvgIpc) is 3.17. The summed E-state index contributed by atoms with van der Waals surface area (Å²) in [6, 6.07) is 0. The van der Waals surface area contributed by atoms with E-state index in [-0.39, 0.29) is 24.3 Å². The van der Waals surface area contributed by atoms with Crippen molar-refractivity contribution in [1.82, 2.24) is 19.8 Å². The number of aromatic nitrogens is 2. The molecule has 2 aliphatic heterocycles. The largest absolute Gasteiger partial charge is 0.490 e. The van der Waals surface area contributed by atoms with E-state index < -0.39 is 17.6 Å². The summed E-state index contributed by atoms with van der Waals surface area (Å²) in [7, 11) is 3.43. The van der Waals surface area contributed by atoms with Crippen molar-refractivity contribution in [3.8, 4) is 0 Å². The standard InChI is InChI=1S/C17H25N5O2.C2HF3O2/c1-12-7-18-16(19-8-12)22-9-13(2)17(11-22)5-6-21(15(17)24)10-14(23)20(3)4;3-2(4,5)1(6)7/h7-8,13H,5-6,9-11H2,1-4H3;(H,6,7)/t13-,17-;/m0./s1. The second kappa shape index (κ2) is 9.06. The number of carboxylic acids is 1. The molecule has 2 saturated heterocycles. The van der Waals surface area contributed by atoms with E-state index >= 15 is 0 Å². The third-order valence-corrected chi connectivity index (χ3v) is 5.57. The molecule has 0 unspecified atom stereocenters. The summed E-state index contributed by atoms with van der Waals surface area (Å²) in [6.45, 7) is 6.28. The molecule has 1 aromatic heterocycles. The normalized spacial score (nSPS) is 23.1. The number of hydrogen-bond donors (Lipinski definition) is 1. The van der Waals surface area contributed by atoms with E-state index in [0.717, 1.165) is 18.5 Å². The maximum absolute atomic E-state index is 13.0. The third-order valence-electron chi connectivity index (χ3n) is 5.57. The van der Waals surface area contributed by atoms with Crippen molar-refractivity contribution in [2.24, 2.45) is 11.3 Å². The highest BCUT2D eigenvalue weighted by Crippen LogP contribution is 2.45. The van der Waals surface area contributed by atoms with E-state index in [9.17, 15) is 22.8 Å². The number of carboxylic acid groups (broad SMARTS) is 1. The van der Waals surface area contributed by atoms with Crippen LogP contribution in [-0.4, -0.2) is 89.1 Å². The van der Waals surface area contributed by atoms with Gasteiger partial charge in [-0.05, 0) is 24.8 Å². The number of halogens is 3. The quantitative estimate of drug-likeness (QED) is 0.745. The number of carbonyl (C=O) groups is 3. The Labute approximate surface area is 177 Å². The Morgan fingerprint density at radius 3 is 2.32 bits per heavy atom. The van der Waals surface area contributed by atoms with Crippen LogP contribution < -0.4 is 4.90 Å². The zero-order valence-electron chi connectivity index (χ0n) is 17.8. The van der Waals surface area contributed by atoms with Crippen LogP contribution >= 0.6 is 0 Å². The Hall–Kier alpha value is -2.92. The summed E-state index contributed by atoms with van der Waals surface area (Å²) in [4.78, 5) is 48.0. The fourth-order valence-electron chi connectivity index (χ4n) is 3.68. The number of aliphatic carboxylic acids is 1. The first kappa shape index (κ1) is 24.4. The molecule has 0 aromatic carbocycles. The van der Waals surface area contributed by atoms with Crippen LogP contribution in [0.4, 0.5) is 19.1 Å². The number of aryl methyl sites for hydroxylation is 1. The summed E-state index contributed by atoms with van der Waals surface area (Å²) in [5.74, 6) is -1.80. The monoisotopic (exact) mass is 445 g/mol. The lowest BCUT2D eigenvalue weighted by molar-refractivity contribution is -0.192. The van der Waals surface area contributed by atoms with Crippen molar-refractivity contribution < 1.29 is 32.7 Å². The van der Waals surface area contributed by atoms with Crippen LogP contribution in [0.2, 0.25) is 0 Å². The minimum atomic E-state index is -5.08. The summed E-state index contributed by atoms with van der Waals surface area (Å²) in [5, 5.41) is 7.12. The molecule has 2 aliphatic rings. The van der Waals surface area contributed by atoms with Crippen LogP contribution in [-0.2, 0) is 14.4 Å². The summed E-state index contributed by atoms with van der Waals surface area (Å²) >= 11 is 0. The minimum absolute atomic E-state index is 0.0372. The molecule has 2 atom stereocenters. The first-order valence-corrected chi connectivity index (χ1v) is 9.61. The fourth-order valence-corrected chi connectivity index (χ4v) is 3.68. The highest BCUT2D eigenvalue weighted by atomic mass is 19.4. The van der Waals surface area contributed by atoms with Crippen LogP contribution in [0, 0.1) is 18.3 Å². The number of alkyl halides is 3. The van der Waals surface area contributed by atoms with Crippen molar-refractivity contribution in [2.75, 3.05) is 45.2 Å². The Morgan fingerprint density at radius 1 is 1.29 bits per heavy atom. The number of anilines is 1. The van der Waals surface area contributed by atoms with Gasteiger partial charge in [-0.3, -0.25) is 9.59 Å². The molecule has 0 aliphatic carbocycles. The van der Waals surface area contributed by atoms with Gasteiger partial charge in [0.25, 0.3) is 0 Å². The molecule has 1 aromatic rings. The molecule has 2 amide bonds. The van der Waals surface area contributed by atoms with Crippen molar-refractivity contribution in [3.05, 3.63) is 18.0 Å². The second-order valence-corrected chi connectivity index (χ2v) is 8.07. The first-order valence-electron chi connectivity index (χ1n) is 9.61. The van der Waals surface area contributed by atoms with E-state index in [0.29, 0.717) is 19.0 Å². The highest BCUT2D eigenvalue weighted by Gasteiger charge is 2.55. The van der Waals surface area contributed by atoms with Gasteiger partial charge in [0.05, 0.1) is 12.0 Å². The Morgan fingerprint density at radius 2 is 1.84 bits per heavy atom. The van der Waals surface area contributed by atoms with Crippen molar-refractivity contribution >= 4 is 23.7 Å². The van der Waals surface area contributed by atoms with Crippen LogP contribution in [0.15, 0.2) is 12.4 Å². The summed E-state index contributed by atoms with van der Waals surface area (Å²) in [5.41, 5.74) is 0.604. The Kier molecular flexibility index (Phi) is 7.12. The molecule has 3 heterocycles. The zero-order valence-corrected chi connectivity index (χ0v) is 17.8. The molecular weight excluding hydrogens is 419 g/mol. The molecular formula is C19H26F3N5O4. The molecule has 0 saturated carbocycles. The number of likely N-dealkylation sites (tertiary alicyclic amines) is 1. The van der Waals surface area contributed by atoms with Gasteiger partial charge in [-0.1, -0.05) is 6.92 Å². The molecule has 31 heavy (non-hydrogen) atoms. The van der Waals surface area contributed by atoms with Gasteiger partial charge >= 0.3 is 12.1 Å². The predicted octanol–water partition coefficient (Wildman–Crippen LogP) is 1.18. The van der Waals surface area contributed by atoms with Crippen LogP contribution in [0.3, 0.4) is 0 Å². The third kappa shape index (κ3) is 5.42. The number of amides is 2. The van der Waals surface area contributed by atoms with Crippen molar-refractivity contribution in [1.29, 1.82) is 0 Å². The molecule has 0 bridgehead atoms. The van der Waals surface area contributed by atoms with Gasteiger partial charge in [-0.25, -0.2) is 14.8 Å². The smallest absolute Gasteiger partial charge is 0.475 e. The maximum Gasteiger partial charge on any atom is 0.490 e. The Balaban J connectivity index is 0.000000423. The molecule has 172 valence electrons. The summed E-state index contributed by atoms with van der Waals surface area (Å²) < 4.78 is 31.7. The highest BCUT2D eigenvalue weighted by molar-refractivity contribution is 5.90. The van der Waals surface area contributed by atoms with E-state index in [4.69, 9.17) is 9.90 Å². The van der Waals surface area contributed by atoms with E-state index in [1.165, 1.54) is 4.90 Å². The topological polar surface area (TPSA) is 107 Å². The molecule has 1 spiro atoms. The lowest BCUT2D eigenvalue weighted by Gasteiger charge is -2.26. The van der Waals surface area contributed by atoms with Crippen LogP contribution in [0.5, 0.6) is 0 Å².